The topological polar surface area (TPSA) is 96.6 Å². The lowest BCUT2D eigenvalue weighted by Gasteiger charge is -2.12. The lowest BCUT2D eigenvalue weighted by atomic mass is 10.0. The van der Waals surface area contributed by atoms with E-state index in [4.69, 9.17) is 0 Å². The number of hydrogen-bond acceptors (Lipinski definition) is 6. The number of carbonyl (C=O) groups excluding carboxylic acids is 1. The number of rotatable bonds is 6. The second kappa shape index (κ2) is 9.82. The van der Waals surface area contributed by atoms with E-state index in [9.17, 15) is 14.7 Å². The first-order chi connectivity index (χ1) is 17.1. The molecule has 0 radical (unpaired) electrons. The Morgan fingerprint density at radius 3 is 2.49 bits per heavy atom. The summed E-state index contributed by atoms with van der Waals surface area (Å²) in [4.78, 5) is 30.4. The van der Waals surface area contributed by atoms with E-state index in [2.05, 4.69) is 15.5 Å². The zero-order valence-corrected chi connectivity index (χ0v) is 19.3. The normalized spacial score (nSPS) is 11.3. The molecule has 0 saturated carbocycles. The maximum Gasteiger partial charge on any atom is 0.266 e. The van der Waals surface area contributed by atoms with Gasteiger partial charge in [-0.3, -0.25) is 14.2 Å². The number of para-hydroxylation sites is 2. The Morgan fingerprint density at radius 2 is 1.66 bits per heavy atom. The fourth-order valence-electron chi connectivity index (χ4n) is 3.76. The molecule has 0 spiro atoms. The van der Waals surface area contributed by atoms with Crippen LogP contribution in [0.2, 0.25) is 0 Å². The first-order valence-corrected chi connectivity index (χ1v) is 11.8. The number of fused-ring (bicyclic) bond motifs is 2. The maximum atomic E-state index is 13.2. The number of amides is 1. The van der Waals surface area contributed by atoms with Gasteiger partial charge in [-0.15, -0.1) is 0 Å². The van der Waals surface area contributed by atoms with Crippen LogP contribution in [-0.4, -0.2) is 32.5 Å². The van der Waals surface area contributed by atoms with Gasteiger partial charge in [0.25, 0.3) is 11.5 Å². The van der Waals surface area contributed by atoms with Crippen molar-refractivity contribution < 1.29 is 9.90 Å². The Hall–Kier alpha value is -4.43. The van der Waals surface area contributed by atoms with Crippen LogP contribution in [0.1, 0.15) is 5.56 Å². The van der Waals surface area contributed by atoms with Crippen molar-refractivity contribution in [3.8, 4) is 11.4 Å². The molecule has 0 aliphatic carbocycles. The molecule has 5 aromatic rings. The lowest BCUT2D eigenvalue weighted by Crippen LogP contribution is -2.24. The van der Waals surface area contributed by atoms with Crippen LogP contribution < -0.4 is 11.0 Å². The predicted molar refractivity (Wildman–Crippen MR) is 139 cm³/mol. The number of aromatic nitrogens is 2. The van der Waals surface area contributed by atoms with Crippen LogP contribution in [0, 0.1) is 0 Å². The summed E-state index contributed by atoms with van der Waals surface area (Å²) >= 11 is 1.15. The summed E-state index contributed by atoms with van der Waals surface area (Å²) in [6.45, 7) is 0. The van der Waals surface area contributed by atoms with E-state index in [1.54, 1.807) is 24.3 Å². The highest BCUT2D eigenvalue weighted by molar-refractivity contribution is 7.99. The van der Waals surface area contributed by atoms with E-state index in [1.807, 2.05) is 66.7 Å². The van der Waals surface area contributed by atoms with Gasteiger partial charge in [0.1, 0.15) is 5.75 Å². The van der Waals surface area contributed by atoms with Crippen molar-refractivity contribution in [2.45, 2.75) is 5.16 Å². The molecule has 0 unspecified atom stereocenters. The Kier molecular flexibility index (Phi) is 6.28. The van der Waals surface area contributed by atoms with Crippen molar-refractivity contribution in [1.29, 1.82) is 0 Å². The minimum Gasteiger partial charge on any atom is -0.507 e. The number of aromatic hydroxyl groups is 1. The maximum absolute atomic E-state index is 13.2. The zero-order valence-electron chi connectivity index (χ0n) is 18.5. The quantitative estimate of drug-likeness (QED) is 0.162. The molecule has 0 aliphatic rings. The number of phenols is 1. The molecule has 7 nitrogen and oxygen atoms in total. The van der Waals surface area contributed by atoms with Crippen molar-refractivity contribution in [2.24, 2.45) is 5.10 Å². The molecule has 0 saturated heterocycles. The summed E-state index contributed by atoms with van der Waals surface area (Å²) in [6.07, 6.45) is 1.43. The first-order valence-electron chi connectivity index (χ1n) is 10.8. The van der Waals surface area contributed by atoms with Crippen LogP contribution in [0.4, 0.5) is 0 Å². The van der Waals surface area contributed by atoms with Crippen LogP contribution in [0.5, 0.6) is 5.75 Å². The van der Waals surface area contributed by atoms with Gasteiger partial charge in [0.2, 0.25) is 0 Å². The van der Waals surface area contributed by atoms with Gasteiger partial charge < -0.3 is 5.11 Å². The number of carbonyl (C=O) groups is 1. The molecule has 4 aromatic carbocycles. The fourth-order valence-corrected chi connectivity index (χ4v) is 4.57. The van der Waals surface area contributed by atoms with Gasteiger partial charge in [0.05, 0.1) is 28.6 Å². The highest BCUT2D eigenvalue weighted by Gasteiger charge is 2.14. The van der Waals surface area contributed by atoms with E-state index in [0.29, 0.717) is 27.3 Å². The summed E-state index contributed by atoms with van der Waals surface area (Å²) < 4.78 is 1.51. The summed E-state index contributed by atoms with van der Waals surface area (Å²) in [6, 6.07) is 27.3. The molecule has 2 N–H and O–H groups in total. The highest BCUT2D eigenvalue weighted by Crippen LogP contribution is 2.25. The van der Waals surface area contributed by atoms with Crippen molar-refractivity contribution in [3.63, 3.8) is 0 Å². The number of benzene rings is 4. The minimum atomic E-state index is -0.368. The van der Waals surface area contributed by atoms with Gasteiger partial charge in [-0.05, 0) is 41.1 Å². The predicted octanol–water partition coefficient (Wildman–Crippen LogP) is 4.49. The Labute approximate surface area is 204 Å². The van der Waals surface area contributed by atoms with Crippen LogP contribution in [-0.2, 0) is 4.79 Å². The third-order valence-corrected chi connectivity index (χ3v) is 6.36. The van der Waals surface area contributed by atoms with Crippen LogP contribution in [0.15, 0.2) is 106 Å². The number of thioether (sulfide) groups is 1. The molecule has 1 aromatic heterocycles. The highest BCUT2D eigenvalue weighted by atomic mass is 32.2. The van der Waals surface area contributed by atoms with Crippen molar-refractivity contribution >= 4 is 45.6 Å². The molecule has 0 bridgehead atoms. The summed E-state index contributed by atoms with van der Waals surface area (Å²) in [5.41, 5.74) is 4.04. The second-order valence-electron chi connectivity index (χ2n) is 7.69. The van der Waals surface area contributed by atoms with Gasteiger partial charge in [0, 0.05) is 5.56 Å². The monoisotopic (exact) mass is 480 g/mol. The Bertz CT molecular complexity index is 1630. The molecule has 8 heteroatoms. The summed E-state index contributed by atoms with van der Waals surface area (Å²) in [7, 11) is 0. The number of nitrogens with zero attached hydrogens (tertiary/aromatic N) is 3. The first kappa shape index (κ1) is 22.4. The largest absolute Gasteiger partial charge is 0.507 e. The minimum absolute atomic E-state index is 0.00350. The third kappa shape index (κ3) is 4.64. The smallest absolute Gasteiger partial charge is 0.266 e. The molecular weight excluding hydrogens is 460 g/mol. The summed E-state index contributed by atoms with van der Waals surface area (Å²) in [5, 5.41) is 16.9. The molecule has 35 heavy (non-hydrogen) atoms. The molecule has 0 aliphatic heterocycles. The van der Waals surface area contributed by atoms with Gasteiger partial charge in [-0.2, -0.15) is 5.10 Å². The van der Waals surface area contributed by atoms with Gasteiger partial charge >= 0.3 is 0 Å². The van der Waals surface area contributed by atoms with Crippen molar-refractivity contribution in [2.75, 3.05) is 5.75 Å². The average Bonchev–Trinajstić information content (AvgIpc) is 2.89. The molecular formula is C27H20N4O3S. The van der Waals surface area contributed by atoms with E-state index in [1.165, 1.54) is 10.8 Å². The molecule has 1 heterocycles. The fraction of sp³-hybridized carbons (Fsp3) is 0.0370. The summed E-state index contributed by atoms with van der Waals surface area (Å²) in [5.74, 6) is -0.299. The molecule has 0 fully saturated rings. The van der Waals surface area contributed by atoms with E-state index >= 15 is 0 Å². The van der Waals surface area contributed by atoms with Crippen LogP contribution in [0.25, 0.3) is 27.4 Å². The van der Waals surface area contributed by atoms with E-state index in [-0.39, 0.29) is 23.0 Å². The molecule has 0 atom stereocenters. The second-order valence-corrected chi connectivity index (χ2v) is 8.63. The van der Waals surface area contributed by atoms with Gasteiger partial charge in [-0.1, -0.05) is 72.4 Å². The SMILES string of the molecule is O=C(CSc1nc2ccccc2c(=O)n1-c1ccccc1)N/N=C/c1c(O)ccc2ccccc12. The van der Waals surface area contributed by atoms with Gasteiger partial charge in [-0.25, -0.2) is 10.4 Å². The lowest BCUT2D eigenvalue weighted by molar-refractivity contribution is -0.118. The third-order valence-electron chi connectivity index (χ3n) is 5.42. The average molecular weight is 481 g/mol. The molecule has 1 amide bonds. The number of nitrogens with one attached hydrogen (secondary N) is 1. The number of phenolic OH excluding ortho intramolecular Hbond substituents is 1. The number of hydrogen-bond donors (Lipinski definition) is 2. The standard InChI is InChI=1S/C27H20N4O3S/c32-24-15-14-18-8-4-5-11-20(18)22(24)16-28-30-25(33)17-35-27-29-23-13-7-6-12-21(23)26(34)31(27)19-9-2-1-3-10-19/h1-16,32H,17H2,(H,30,33)/b28-16+. The van der Waals surface area contributed by atoms with Gasteiger partial charge in [0.15, 0.2) is 5.16 Å². The van der Waals surface area contributed by atoms with Crippen LogP contribution >= 0.6 is 11.8 Å². The van der Waals surface area contributed by atoms with Crippen molar-refractivity contribution in [1.82, 2.24) is 15.0 Å². The molecule has 5 rings (SSSR count). The van der Waals surface area contributed by atoms with E-state index < -0.39 is 0 Å². The zero-order chi connectivity index (χ0) is 24.2. The van der Waals surface area contributed by atoms with Crippen LogP contribution in [0.3, 0.4) is 0 Å². The molecule has 172 valence electrons. The Balaban J connectivity index is 1.37. The van der Waals surface area contributed by atoms with E-state index in [0.717, 1.165) is 22.5 Å². The number of hydrazone groups is 1. The Morgan fingerprint density at radius 1 is 0.943 bits per heavy atom. The van der Waals surface area contributed by atoms with Crippen molar-refractivity contribution in [3.05, 3.63) is 107 Å².